The molecule has 156 valence electrons. The van der Waals surface area contributed by atoms with Gasteiger partial charge in [0.15, 0.2) is 0 Å². The van der Waals surface area contributed by atoms with Gasteiger partial charge in [0.1, 0.15) is 5.75 Å². The van der Waals surface area contributed by atoms with E-state index in [2.05, 4.69) is 10.0 Å². The lowest BCUT2D eigenvalue weighted by Crippen LogP contribution is -2.23. The van der Waals surface area contributed by atoms with Crippen molar-refractivity contribution in [1.82, 2.24) is 4.72 Å². The predicted molar refractivity (Wildman–Crippen MR) is 117 cm³/mol. The van der Waals surface area contributed by atoms with Crippen LogP contribution in [0.4, 0.5) is 5.69 Å². The topological polar surface area (TPSA) is 84.5 Å². The number of amides is 1. The summed E-state index contributed by atoms with van der Waals surface area (Å²) in [6.45, 7) is 3.97. The number of sulfonamides is 1. The second-order valence-electron chi connectivity index (χ2n) is 6.94. The van der Waals surface area contributed by atoms with E-state index in [4.69, 9.17) is 4.74 Å². The van der Waals surface area contributed by atoms with Crippen LogP contribution in [-0.4, -0.2) is 21.4 Å². The molecule has 3 aromatic rings. The minimum atomic E-state index is -3.78. The summed E-state index contributed by atoms with van der Waals surface area (Å²) in [4.78, 5) is 12.7. The van der Waals surface area contributed by atoms with Gasteiger partial charge in [-0.05, 0) is 49.2 Å². The molecule has 6 nitrogen and oxygen atoms in total. The highest BCUT2D eigenvalue weighted by Gasteiger charge is 2.18. The number of rotatable bonds is 7. The van der Waals surface area contributed by atoms with Gasteiger partial charge in [-0.1, -0.05) is 48.0 Å². The van der Waals surface area contributed by atoms with Gasteiger partial charge in [0, 0.05) is 12.1 Å². The summed E-state index contributed by atoms with van der Waals surface area (Å²) in [5, 5.41) is 2.75. The second-order valence-corrected chi connectivity index (χ2v) is 8.71. The van der Waals surface area contributed by atoms with Crippen LogP contribution in [-0.2, 0) is 16.6 Å². The van der Waals surface area contributed by atoms with Crippen LogP contribution < -0.4 is 14.8 Å². The summed E-state index contributed by atoms with van der Waals surface area (Å²) < 4.78 is 33.4. The third-order valence-corrected chi connectivity index (χ3v) is 6.10. The number of benzene rings is 3. The number of methoxy groups -OCH3 is 1. The van der Waals surface area contributed by atoms with Gasteiger partial charge in [0.25, 0.3) is 5.91 Å². The van der Waals surface area contributed by atoms with Crippen molar-refractivity contribution in [3.63, 3.8) is 0 Å². The number of aryl methyl sites for hydroxylation is 2. The molecule has 0 radical (unpaired) electrons. The van der Waals surface area contributed by atoms with E-state index in [1.165, 1.54) is 25.3 Å². The molecule has 3 aromatic carbocycles. The number of carbonyl (C=O) groups is 1. The van der Waals surface area contributed by atoms with Crippen LogP contribution in [0.2, 0.25) is 0 Å². The first-order valence-electron chi connectivity index (χ1n) is 9.40. The van der Waals surface area contributed by atoms with Gasteiger partial charge in [-0.15, -0.1) is 0 Å². The highest BCUT2D eigenvalue weighted by Crippen LogP contribution is 2.28. The molecule has 2 N–H and O–H groups in total. The highest BCUT2D eigenvalue weighted by atomic mass is 32.2. The number of carbonyl (C=O) groups excluding carboxylic acids is 1. The largest absolute Gasteiger partial charge is 0.495 e. The molecule has 7 heteroatoms. The standard InChI is InChI=1S/C23H24N2O4S/c1-16-8-10-18(11-9-16)15-24-30(27,28)19-12-13-22(29-3)21(14-19)25-23(26)20-7-5-4-6-17(20)2/h4-14,24H,15H2,1-3H3,(H,25,26). The summed E-state index contributed by atoms with van der Waals surface area (Å²) >= 11 is 0. The Morgan fingerprint density at radius 3 is 2.33 bits per heavy atom. The first-order valence-corrected chi connectivity index (χ1v) is 10.9. The zero-order chi connectivity index (χ0) is 21.7. The Balaban J connectivity index is 1.83. The average Bonchev–Trinajstić information content (AvgIpc) is 2.73. The van der Waals surface area contributed by atoms with Crippen molar-refractivity contribution in [2.75, 3.05) is 12.4 Å². The fraction of sp³-hybridized carbons (Fsp3) is 0.174. The lowest BCUT2D eigenvalue weighted by atomic mass is 10.1. The van der Waals surface area contributed by atoms with E-state index in [0.717, 1.165) is 16.7 Å². The molecule has 0 fully saturated rings. The highest BCUT2D eigenvalue weighted by molar-refractivity contribution is 7.89. The van der Waals surface area contributed by atoms with E-state index in [9.17, 15) is 13.2 Å². The van der Waals surface area contributed by atoms with E-state index < -0.39 is 10.0 Å². The van der Waals surface area contributed by atoms with Crippen LogP contribution in [0.5, 0.6) is 5.75 Å². The maximum atomic E-state index is 12.8. The van der Waals surface area contributed by atoms with E-state index >= 15 is 0 Å². The number of hydrogen-bond acceptors (Lipinski definition) is 4. The van der Waals surface area contributed by atoms with Crippen molar-refractivity contribution >= 4 is 21.6 Å². The summed E-state index contributed by atoms with van der Waals surface area (Å²) in [5.41, 5.74) is 3.56. The summed E-state index contributed by atoms with van der Waals surface area (Å²) in [7, 11) is -2.32. The van der Waals surface area contributed by atoms with E-state index in [1.54, 1.807) is 12.1 Å². The molecule has 0 heterocycles. The Morgan fingerprint density at radius 2 is 1.67 bits per heavy atom. The molecule has 0 aliphatic carbocycles. The van der Waals surface area contributed by atoms with Gasteiger partial charge in [-0.2, -0.15) is 0 Å². The van der Waals surface area contributed by atoms with Gasteiger partial charge in [0.05, 0.1) is 17.7 Å². The smallest absolute Gasteiger partial charge is 0.256 e. The average molecular weight is 425 g/mol. The van der Waals surface area contributed by atoms with Crippen molar-refractivity contribution in [3.8, 4) is 5.75 Å². The maximum absolute atomic E-state index is 12.8. The van der Waals surface area contributed by atoms with Crippen molar-refractivity contribution in [3.05, 3.63) is 89.0 Å². The molecular formula is C23H24N2O4S. The first kappa shape index (κ1) is 21.5. The lowest BCUT2D eigenvalue weighted by molar-refractivity contribution is 0.102. The van der Waals surface area contributed by atoms with Gasteiger partial charge < -0.3 is 10.1 Å². The molecule has 0 aliphatic rings. The predicted octanol–water partition coefficient (Wildman–Crippen LogP) is 4.04. The summed E-state index contributed by atoms with van der Waals surface area (Å²) in [5.74, 6) is 0.0305. The molecule has 0 spiro atoms. The third kappa shape index (κ3) is 5.06. The Bertz CT molecular complexity index is 1160. The molecule has 3 rings (SSSR count). The van der Waals surface area contributed by atoms with Crippen molar-refractivity contribution in [1.29, 1.82) is 0 Å². The molecule has 0 aliphatic heterocycles. The normalized spacial score (nSPS) is 11.2. The molecule has 30 heavy (non-hydrogen) atoms. The van der Waals surface area contributed by atoms with Gasteiger partial charge >= 0.3 is 0 Å². The maximum Gasteiger partial charge on any atom is 0.256 e. The second kappa shape index (κ2) is 9.11. The zero-order valence-corrected chi connectivity index (χ0v) is 17.9. The Hall–Kier alpha value is -3.16. The quantitative estimate of drug-likeness (QED) is 0.599. The lowest BCUT2D eigenvalue weighted by Gasteiger charge is -2.14. The van der Waals surface area contributed by atoms with Gasteiger partial charge in [0.2, 0.25) is 10.0 Å². The summed E-state index contributed by atoms with van der Waals surface area (Å²) in [6, 6.07) is 19.1. The zero-order valence-electron chi connectivity index (χ0n) is 17.1. The van der Waals surface area contributed by atoms with Gasteiger partial charge in [-0.3, -0.25) is 4.79 Å². The third-order valence-electron chi connectivity index (χ3n) is 4.71. The molecule has 0 saturated heterocycles. The monoisotopic (exact) mass is 424 g/mol. The van der Waals surface area contributed by atoms with Crippen LogP contribution in [0, 0.1) is 13.8 Å². The number of ether oxygens (including phenoxy) is 1. The van der Waals surface area contributed by atoms with E-state index in [1.807, 2.05) is 50.2 Å². The number of anilines is 1. The van der Waals surface area contributed by atoms with Crippen molar-refractivity contribution in [2.45, 2.75) is 25.3 Å². The molecule has 0 atom stereocenters. The minimum absolute atomic E-state index is 0.0375. The Kier molecular flexibility index (Phi) is 6.54. The van der Waals surface area contributed by atoms with Crippen LogP contribution >= 0.6 is 0 Å². The Labute approximate surface area is 177 Å². The summed E-state index contributed by atoms with van der Waals surface area (Å²) in [6.07, 6.45) is 0. The number of hydrogen-bond donors (Lipinski definition) is 2. The molecule has 0 aromatic heterocycles. The minimum Gasteiger partial charge on any atom is -0.495 e. The molecule has 0 bridgehead atoms. The van der Waals surface area contributed by atoms with Crippen LogP contribution in [0.1, 0.15) is 27.0 Å². The van der Waals surface area contributed by atoms with Crippen LogP contribution in [0.15, 0.2) is 71.6 Å². The SMILES string of the molecule is COc1ccc(S(=O)(=O)NCc2ccc(C)cc2)cc1NC(=O)c1ccccc1C. The molecule has 0 unspecified atom stereocenters. The van der Waals surface area contributed by atoms with Crippen molar-refractivity contribution in [2.24, 2.45) is 0 Å². The number of nitrogens with one attached hydrogen (secondary N) is 2. The van der Waals surface area contributed by atoms with Crippen molar-refractivity contribution < 1.29 is 17.9 Å². The van der Waals surface area contributed by atoms with Crippen LogP contribution in [0.25, 0.3) is 0 Å². The molecular weight excluding hydrogens is 400 g/mol. The fourth-order valence-electron chi connectivity index (χ4n) is 2.94. The first-order chi connectivity index (χ1) is 14.3. The Morgan fingerprint density at radius 1 is 0.967 bits per heavy atom. The van der Waals surface area contributed by atoms with Gasteiger partial charge in [-0.25, -0.2) is 13.1 Å². The van der Waals surface area contributed by atoms with E-state index in [-0.39, 0.29) is 23.0 Å². The van der Waals surface area contributed by atoms with E-state index in [0.29, 0.717) is 11.3 Å². The molecule has 1 amide bonds. The van der Waals surface area contributed by atoms with Crippen LogP contribution in [0.3, 0.4) is 0 Å². The fourth-order valence-corrected chi connectivity index (χ4v) is 3.98. The molecule has 0 saturated carbocycles.